The molecule has 0 aromatic rings. The molecule has 0 aromatic heterocycles. The average Bonchev–Trinajstić information content (AvgIpc) is 2.84. The summed E-state index contributed by atoms with van der Waals surface area (Å²) >= 11 is 0. The van der Waals surface area contributed by atoms with E-state index in [1.165, 1.54) is 25.7 Å². The highest BCUT2D eigenvalue weighted by molar-refractivity contribution is 5.71. The van der Waals surface area contributed by atoms with Crippen LogP contribution in [0.25, 0.3) is 0 Å². The van der Waals surface area contributed by atoms with E-state index in [1.54, 1.807) is 0 Å². The van der Waals surface area contributed by atoms with Gasteiger partial charge in [0.2, 0.25) is 0 Å². The Morgan fingerprint density at radius 1 is 1.47 bits per heavy atom. The van der Waals surface area contributed by atoms with E-state index in [9.17, 15) is 4.79 Å². The van der Waals surface area contributed by atoms with Gasteiger partial charge in [-0.3, -0.25) is 4.79 Å². The first kappa shape index (κ1) is 12.5. The van der Waals surface area contributed by atoms with Gasteiger partial charge in [0.1, 0.15) is 0 Å². The topological polar surface area (TPSA) is 38.3 Å². The molecule has 0 radical (unpaired) electrons. The fourth-order valence-electron chi connectivity index (χ4n) is 1.96. The quantitative estimate of drug-likeness (QED) is 0.658. The van der Waals surface area contributed by atoms with Gasteiger partial charge in [0.25, 0.3) is 0 Å². The fraction of sp³-hybridized carbons (Fsp3) is 0.917. The molecule has 15 heavy (non-hydrogen) atoms. The Hall–Kier alpha value is -0.570. The lowest BCUT2D eigenvalue weighted by molar-refractivity contribution is -0.146. The number of rotatable bonds is 7. The molecule has 0 unspecified atom stereocenters. The molecule has 0 heterocycles. The summed E-state index contributed by atoms with van der Waals surface area (Å²) in [5, 5.41) is 3.20. The van der Waals surface area contributed by atoms with Crippen LogP contribution < -0.4 is 5.32 Å². The van der Waals surface area contributed by atoms with Crippen LogP contribution in [0.15, 0.2) is 0 Å². The number of hydrogen-bond donors (Lipinski definition) is 1. The minimum atomic E-state index is -0.141. The van der Waals surface area contributed by atoms with Crippen molar-refractivity contribution in [2.24, 2.45) is 5.41 Å². The summed E-state index contributed by atoms with van der Waals surface area (Å²) in [7, 11) is 0. The van der Waals surface area contributed by atoms with Crippen molar-refractivity contribution in [2.75, 3.05) is 13.1 Å². The third kappa shape index (κ3) is 4.65. The van der Waals surface area contributed by atoms with Crippen LogP contribution in [0.4, 0.5) is 0 Å². The molecule has 1 aliphatic carbocycles. The molecule has 1 aliphatic rings. The van der Waals surface area contributed by atoms with Crippen LogP contribution in [-0.4, -0.2) is 25.2 Å². The van der Waals surface area contributed by atoms with Gasteiger partial charge in [0, 0.05) is 6.54 Å². The van der Waals surface area contributed by atoms with E-state index in [1.807, 2.05) is 13.8 Å². The number of hydrogen-bond acceptors (Lipinski definition) is 3. The molecule has 0 saturated heterocycles. The zero-order valence-electron chi connectivity index (χ0n) is 10.1. The van der Waals surface area contributed by atoms with Gasteiger partial charge in [-0.2, -0.15) is 0 Å². The molecule has 0 aliphatic heterocycles. The van der Waals surface area contributed by atoms with Crippen LogP contribution in [0.3, 0.4) is 0 Å². The van der Waals surface area contributed by atoms with Crippen molar-refractivity contribution in [3.63, 3.8) is 0 Å². The molecule has 88 valence electrons. The Bertz CT molecular complexity index is 210. The van der Waals surface area contributed by atoms with Crippen molar-refractivity contribution in [1.29, 1.82) is 0 Å². The molecule has 0 amide bonds. The maximum absolute atomic E-state index is 11.2. The maximum atomic E-state index is 11.2. The van der Waals surface area contributed by atoms with E-state index in [-0.39, 0.29) is 12.1 Å². The van der Waals surface area contributed by atoms with Crippen molar-refractivity contribution in [1.82, 2.24) is 5.32 Å². The van der Waals surface area contributed by atoms with E-state index in [4.69, 9.17) is 4.74 Å². The number of carbonyl (C=O) groups is 1. The molecule has 1 N–H and O–H groups in total. The summed E-state index contributed by atoms with van der Waals surface area (Å²) < 4.78 is 5.04. The third-order valence-electron chi connectivity index (χ3n) is 2.87. The Morgan fingerprint density at radius 2 is 2.13 bits per heavy atom. The first-order chi connectivity index (χ1) is 7.08. The molecule has 0 atom stereocenters. The summed E-state index contributed by atoms with van der Waals surface area (Å²) in [6, 6.07) is 0. The molecule has 0 aromatic carbocycles. The van der Waals surface area contributed by atoms with E-state index in [2.05, 4.69) is 12.2 Å². The van der Waals surface area contributed by atoms with Gasteiger partial charge in [-0.15, -0.1) is 0 Å². The van der Waals surface area contributed by atoms with Crippen LogP contribution in [0.5, 0.6) is 0 Å². The number of esters is 1. The summed E-state index contributed by atoms with van der Waals surface area (Å²) in [4.78, 5) is 11.2. The lowest BCUT2D eigenvalue weighted by Gasteiger charge is -2.15. The molecule has 1 fully saturated rings. The highest BCUT2D eigenvalue weighted by Crippen LogP contribution is 2.48. The second kappa shape index (κ2) is 5.50. The summed E-state index contributed by atoms with van der Waals surface area (Å²) in [5.41, 5.74) is 0.507. The highest BCUT2D eigenvalue weighted by atomic mass is 16.5. The van der Waals surface area contributed by atoms with Crippen LogP contribution >= 0.6 is 0 Å². The summed E-state index contributed by atoms with van der Waals surface area (Å²) in [6.45, 7) is 7.28. The zero-order chi connectivity index (χ0) is 11.3. The smallest absolute Gasteiger partial charge is 0.320 e. The van der Waals surface area contributed by atoms with Gasteiger partial charge in [0.15, 0.2) is 0 Å². The lowest BCUT2D eigenvalue weighted by Crippen LogP contribution is -2.31. The predicted molar refractivity (Wildman–Crippen MR) is 60.7 cm³/mol. The fourth-order valence-corrected chi connectivity index (χ4v) is 1.96. The minimum absolute atomic E-state index is 0.00942. The zero-order valence-corrected chi connectivity index (χ0v) is 10.1. The van der Waals surface area contributed by atoms with E-state index < -0.39 is 0 Å². The first-order valence-electron chi connectivity index (χ1n) is 5.98. The largest absolute Gasteiger partial charge is 0.462 e. The van der Waals surface area contributed by atoms with Crippen molar-refractivity contribution < 1.29 is 9.53 Å². The molecule has 1 saturated carbocycles. The molecule has 0 spiro atoms. The van der Waals surface area contributed by atoms with E-state index >= 15 is 0 Å². The molecule has 3 heteroatoms. The predicted octanol–water partition coefficient (Wildman–Crippen LogP) is 2.11. The monoisotopic (exact) mass is 213 g/mol. The SMILES string of the molecule is CCCC1(CNCC(=O)OC(C)C)CC1. The van der Waals surface area contributed by atoms with Crippen LogP contribution in [0.1, 0.15) is 46.5 Å². The van der Waals surface area contributed by atoms with Crippen molar-refractivity contribution in [3.05, 3.63) is 0 Å². The van der Waals surface area contributed by atoms with Gasteiger partial charge in [-0.25, -0.2) is 0 Å². The number of carbonyl (C=O) groups excluding carboxylic acids is 1. The van der Waals surface area contributed by atoms with Crippen LogP contribution in [-0.2, 0) is 9.53 Å². The van der Waals surface area contributed by atoms with E-state index in [0.717, 1.165) is 6.54 Å². The molecule has 1 rings (SSSR count). The van der Waals surface area contributed by atoms with E-state index in [0.29, 0.717) is 12.0 Å². The summed E-state index contributed by atoms with van der Waals surface area (Å²) in [6.07, 6.45) is 5.13. The second-order valence-corrected chi connectivity index (χ2v) is 4.89. The minimum Gasteiger partial charge on any atom is -0.462 e. The Morgan fingerprint density at radius 3 is 2.60 bits per heavy atom. The Labute approximate surface area is 92.6 Å². The standard InChI is InChI=1S/C12H23NO2/c1-4-5-12(6-7-12)9-13-8-11(14)15-10(2)3/h10,13H,4-9H2,1-3H3. The van der Waals surface area contributed by atoms with Crippen molar-refractivity contribution in [2.45, 2.75) is 52.6 Å². The molecular formula is C12H23NO2. The maximum Gasteiger partial charge on any atom is 0.320 e. The highest BCUT2D eigenvalue weighted by Gasteiger charge is 2.40. The summed E-state index contributed by atoms with van der Waals surface area (Å²) in [5.74, 6) is -0.141. The van der Waals surface area contributed by atoms with Gasteiger partial charge in [-0.05, 0) is 38.5 Å². The van der Waals surface area contributed by atoms with Gasteiger partial charge < -0.3 is 10.1 Å². The van der Waals surface area contributed by atoms with Crippen molar-refractivity contribution >= 4 is 5.97 Å². The Kier molecular flexibility index (Phi) is 4.58. The number of nitrogens with one attached hydrogen (secondary N) is 1. The number of ether oxygens (including phenoxy) is 1. The molecule has 0 bridgehead atoms. The Balaban J connectivity index is 2.08. The second-order valence-electron chi connectivity index (χ2n) is 4.89. The molecular weight excluding hydrogens is 190 g/mol. The van der Waals surface area contributed by atoms with Crippen LogP contribution in [0.2, 0.25) is 0 Å². The third-order valence-corrected chi connectivity index (χ3v) is 2.87. The van der Waals surface area contributed by atoms with Crippen molar-refractivity contribution in [3.8, 4) is 0 Å². The first-order valence-corrected chi connectivity index (χ1v) is 5.98. The van der Waals surface area contributed by atoms with Gasteiger partial charge >= 0.3 is 5.97 Å². The lowest BCUT2D eigenvalue weighted by atomic mass is 10.0. The average molecular weight is 213 g/mol. The molecule has 3 nitrogen and oxygen atoms in total. The van der Waals surface area contributed by atoms with Gasteiger partial charge in [0.05, 0.1) is 12.6 Å². The van der Waals surface area contributed by atoms with Crippen LogP contribution in [0, 0.1) is 5.41 Å². The normalized spacial score (nSPS) is 17.9. The van der Waals surface area contributed by atoms with Gasteiger partial charge in [-0.1, -0.05) is 13.3 Å².